The monoisotopic (exact) mass is 360 g/mol. The lowest BCUT2D eigenvalue weighted by molar-refractivity contribution is 0.388. The van der Waals surface area contributed by atoms with Crippen molar-refractivity contribution in [1.29, 1.82) is 0 Å². The van der Waals surface area contributed by atoms with Gasteiger partial charge in [0.05, 0.1) is 4.90 Å². The van der Waals surface area contributed by atoms with Gasteiger partial charge in [-0.2, -0.15) is 4.31 Å². The maximum Gasteiger partial charge on any atom is 0.244 e. The number of benzene rings is 1. The average Bonchev–Trinajstić information content (AvgIpc) is 2.88. The lowest BCUT2D eigenvalue weighted by Gasteiger charge is -2.19. The first-order valence-electron chi connectivity index (χ1n) is 6.85. The molecule has 0 spiro atoms. The van der Waals surface area contributed by atoms with Gasteiger partial charge in [-0.15, -0.1) is 0 Å². The van der Waals surface area contributed by atoms with E-state index in [4.69, 9.17) is 5.73 Å². The van der Waals surface area contributed by atoms with Crippen molar-refractivity contribution < 1.29 is 8.42 Å². The van der Waals surface area contributed by atoms with Crippen molar-refractivity contribution in [1.82, 2.24) is 4.31 Å². The Kier molecular flexibility index (Phi) is 4.89. The lowest BCUT2D eigenvalue weighted by Crippen LogP contribution is -2.29. The summed E-state index contributed by atoms with van der Waals surface area (Å²) in [5.41, 5.74) is 6.48. The highest BCUT2D eigenvalue weighted by Gasteiger charge is 2.34. The third-order valence-corrected chi connectivity index (χ3v) is 6.82. The Bertz CT molecular complexity index is 587. The highest BCUT2D eigenvalue weighted by atomic mass is 79.9. The van der Waals surface area contributed by atoms with Gasteiger partial charge in [0.25, 0.3) is 0 Å². The van der Waals surface area contributed by atoms with Gasteiger partial charge in [0.1, 0.15) is 0 Å². The normalized spacial score (nSPS) is 20.8. The van der Waals surface area contributed by atoms with Crippen LogP contribution >= 0.6 is 15.9 Å². The first-order valence-corrected chi connectivity index (χ1v) is 9.08. The number of hydrogen-bond acceptors (Lipinski definition) is 3. The zero-order valence-electron chi connectivity index (χ0n) is 11.8. The molecule has 1 atom stereocenters. The van der Waals surface area contributed by atoms with E-state index in [1.54, 1.807) is 22.5 Å². The Morgan fingerprint density at radius 3 is 2.65 bits per heavy atom. The van der Waals surface area contributed by atoms with Crippen molar-refractivity contribution in [2.75, 3.05) is 13.1 Å². The Hall–Kier alpha value is -0.430. The Morgan fingerprint density at radius 2 is 2.15 bits per heavy atom. The molecule has 112 valence electrons. The molecule has 0 radical (unpaired) electrons. The fraction of sp³-hybridized carbons (Fsp3) is 0.571. The van der Waals surface area contributed by atoms with Gasteiger partial charge in [-0.1, -0.05) is 19.9 Å². The average molecular weight is 361 g/mol. The van der Waals surface area contributed by atoms with E-state index < -0.39 is 10.0 Å². The second-order valence-corrected chi connectivity index (χ2v) is 8.39. The van der Waals surface area contributed by atoms with Crippen LogP contribution in [0.1, 0.15) is 25.8 Å². The van der Waals surface area contributed by atoms with Crippen LogP contribution in [-0.2, 0) is 16.6 Å². The first-order chi connectivity index (χ1) is 9.36. The third kappa shape index (κ3) is 3.08. The smallest absolute Gasteiger partial charge is 0.244 e. The maximum atomic E-state index is 12.7. The van der Waals surface area contributed by atoms with Gasteiger partial charge in [-0.05, 0) is 51.9 Å². The Morgan fingerprint density at radius 1 is 1.45 bits per heavy atom. The minimum absolute atomic E-state index is 0.333. The Labute approximate surface area is 129 Å². The van der Waals surface area contributed by atoms with Crippen LogP contribution in [0.15, 0.2) is 27.6 Å². The summed E-state index contributed by atoms with van der Waals surface area (Å²) in [6, 6.07) is 5.20. The van der Waals surface area contributed by atoms with Crippen molar-refractivity contribution in [3.63, 3.8) is 0 Å². The summed E-state index contributed by atoms with van der Waals surface area (Å²) < 4.78 is 27.6. The zero-order valence-corrected chi connectivity index (χ0v) is 14.2. The van der Waals surface area contributed by atoms with Crippen molar-refractivity contribution >= 4 is 26.0 Å². The van der Waals surface area contributed by atoms with Crippen molar-refractivity contribution in [3.8, 4) is 0 Å². The molecule has 0 bridgehead atoms. The van der Waals surface area contributed by atoms with Crippen LogP contribution in [0.3, 0.4) is 0 Å². The molecule has 0 aliphatic carbocycles. The van der Waals surface area contributed by atoms with Gasteiger partial charge >= 0.3 is 0 Å². The molecule has 1 aromatic carbocycles. The summed E-state index contributed by atoms with van der Waals surface area (Å²) in [5.74, 6) is 0.963. The molecule has 1 aliphatic rings. The van der Waals surface area contributed by atoms with E-state index in [-0.39, 0.29) is 0 Å². The van der Waals surface area contributed by atoms with Crippen LogP contribution in [0.2, 0.25) is 0 Å². The van der Waals surface area contributed by atoms with E-state index >= 15 is 0 Å². The number of nitrogens with zero attached hydrogens (tertiary/aromatic N) is 1. The summed E-state index contributed by atoms with van der Waals surface area (Å²) in [6.45, 7) is 5.92. The summed E-state index contributed by atoms with van der Waals surface area (Å²) in [6.07, 6.45) is 0.940. The summed E-state index contributed by atoms with van der Waals surface area (Å²) in [4.78, 5) is 0.333. The van der Waals surface area contributed by atoms with Gasteiger partial charge in [0, 0.05) is 24.1 Å². The maximum absolute atomic E-state index is 12.7. The molecule has 0 saturated carbocycles. The van der Waals surface area contributed by atoms with Crippen LogP contribution in [0.25, 0.3) is 0 Å². The molecule has 1 fully saturated rings. The fourth-order valence-corrected chi connectivity index (χ4v) is 5.13. The summed E-state index contributed by atoms with van der Waals surface area (Å²) in [7, 11) is -3.42. The lowest BCUT2D eigenvalue weighted by atomic mass is 9.96. The second kappa shape index (κ2) is 6.13. The van der Waals surface area contributed by atoms with Gasteiger partial charge in [-0.25, -0.2) is 8.42 Å². The second-order valence-electron chi connectivity index (χ2n) is 5.62. The number of rotatable bonds is 4. The van der Waals surface area contributed by atoms with Crippen LogP contribution in [0.4, 0.5) is 0 Å². The molecule has 1 aliphatic heterocycles. The molecule has 2 N–H and O–H groups in total. The number of halogens is 1. The highest BCUT2D eigenvalue weighted by molar-refractivity contribution is 9.10. The topological polar surface area (TPSA) is 63.4 Å². The van der Waals surface area contributed by atoms with Crippen LogP contribution in [-0.4, -0.2) is 25.8 Å². The molecule has 0 amide bonds. The number of hydrogen-bond donors (Lipinski definition) is 1. The molecule has 6 heteroatoms. The summed E-state index contributed by atoms with van der Waals surface area (Å²) >= 11 is 3.35. The molecule has 20 heavy (non-hydrogen) atoms. The van der Waals surface area contributed by atoms with Crippen LogP contribution in [0.5, 0.6) is 0 Å². The molecular weight excluding hydrogens is 340 g/mol. The number of nitrogens with two attached hydrogens (primary N) is 1. The third-order valence-electron chi connectivity index (χ3n) is 3.98. The van der Waals surface area contributed by atoms with E-state index in [9.17, 15) is 8.42 Å². The van der Waals surface area contributed by atoms with E-state index in [1.807, 2.05) is 0 Å². The molecule has 4 nitrogen and oxygen atoms in total. The molecular formula is C14H21BrN2O2S. The van der Waals surface area contributed by atoms with Crippen LogP contribution in [0, 0.1) is 11.8 Å². The molecule has 1 heterocycles. The molecule has 1 aromatic rings. The summed E-state index contributed by atoms with van der Waals surface area (Å²) in [5, 5.41) is 0. The molecule has 1 unspecified atom stereocenters. The largest absolute Gasteiger partial charge is 0.326 e. The van der Waals surface area contributed by atoms with Crippen molar-refractivity contribution in [3.05, 3.63) is 28.2 Å². The fourth-order valence-electron chi connectivity index (χ4n) is 2.54. The molecule has 0 aromatic heterocycles. The van der Waals surface area contributed by atoms with Gasteiger partial charge < -0.3 is 5.73 Å². The van der Waals surface area contributed by atoms with E-state index in [2.05, 4.69) is 29.8 Å². The molecule has 1 saturated heterocycles. The van der Waals surface area contributed by atoms with E-state index in [0.717, 1.165) is 12.0 Å². The quantitative estimate of drug-likeness (QED) is 0.897. The van der Waals surface area contributed by atoms with E-state index in [0.29, 0.717) is 40.8 Å². The van der Waals surface area contributed by atoms with Crippen LogP contribution < -0.4 is 5.73 Å². The van der Waals surface area contributed by atoms with Crippen molar-refractivity contribution in [2.45, 2.75) is 31.7 Å². The first kappa shape index (κ1) is 15.9. The predicted octanol–water partition coefficient (Wildman–Crippen LogP) is 2.57. The predicted molar refractivity (Wildman–Crippen MR) is 83.7 cm³/mol. The number of sulfonamides is 1. The minimum Gasteiger partial charge on any atom is -0.326 e. The standard InChI is InChI=1S/C14H21BrN2O2S/c1-10(2)12-5-6-17(9-12)20(18,19)14-4-3-11(8-16)7-13(14)15/h3-4,7,10,12H,5-6,8-9,16H2,1-2H3. The van der Waals surface area contributed by atoms with Gasteiger partial charge in [-0.3, -0.25) is 0 Å². The minimum atomic E-state index is -3.42. The van der Waals surface area contributed by atoms with Crippen molar-refractivity contribution in [2.24, 2.45) is 17.6 Å². The zero-order chi connectivity index (χ0) is 14.9. The van der Waals surface area contributed by atoms with Gasteiger partial charge in [0.2, 0.25) is 10.0 Å². The Balaban J connectivity index is 2.27. The SMILES string of the molecule is CC(C)C1CCN(S(=O)(=O)c2ccc(CN)cc2Br)C1. The highest BCUT2D eigenvalue weighted by Crippen LogP contribution is 2.31. The van der Waals surface area contributed by atoms with E-state index in [1.165, 1.54) is 0 Å². The molecule has 2 rings (SSSR count). The van der Waals surface area contributed by atoms with Gasteiger partial charge in [0.15, 0.2) is 0 Å².